The molecule has 1 fully saturated rings. The summed E-state index contributed by atoms with van der Waals surface area (Å²) in [4.78, 5) is 23.2. The third-order valence-electron chi connectivity index (χ3n) is 3.57. The van der Waals surface area contributed by atoms with Crippen molar-refractivity contribution in [1.29, 1.82) is 0 Å². The number of nitrogens with zero attached hydrogens (tertiary/aromatic N) is 2. The van der Waals surface area contributed by atoms with E-state index in [-0.39, 0.29) is 17.1 Å². The summed E-state index contributed by atoms with van der Waals surface area (Å²) in [6.07, 6.45) is 2.92. The minimum atomic E-state index is -0.117. The highest BCUT2D eigenvalue weighted by molar-refractivity contribution is 8.02. The van der Waals surface area contributed by atoms with E-state index in [2.05, 4.69) is 26.1 Å². The molecule has 25 heavy (non-hydrogen) atoms. The van der Waals surface area contributed by atoms with E-state index in [1.807, 2.05) is 24.3 Å². The van der Waals surface area contributed by atoms with Crippen molar-refractivity contribution >= 4 is 51.4 Å². The molecule has 1 unspecified atom stereocenters. The molecule has 2 aromatic rings. The van der Waals surface area contributed by atoms with Crippen molar-refractivity contribution in [3.8, 4) is 0 Å². The predicted octanol–water partition coefficient (Wildman–Crippen LogP) is 3.00. The van der Waals surface area contributed by atoms with Crippen LogP contribution in [0.1, 0.15) is 26.2 Å². The van der Waals surface area contributed by atoms with Crippen molar-refractivity contribution in [2.24, 2.45) is 0 Å². The molecule has 132 valence electrons. The Morgan fingerprint density at radius 2 is 2.16 bits per heavy atom. The van der Waals surface area contributed by atoms with Gasteiger partial charge in [-0.25, -0.2) is 0 Å². The van der Waals surface area contributed by atoms with Gasteiger partial charge in [-0.1, -0.05) is 35.6 Å². The predicted molar refractivity (Wildman–Crippen MR) is 100 cm³/mol. The number of thioether (sulfide) groups is 1. The van der Waals surface area contributed by atoms with Crippen LogP contribution in [0.3, 0.4) is 0 Å². The molecule has 1 aromatic heterocycles. The number of carbonyl (C=O) groups excluding carboxylic acids is 2. The normalized spacial score (nSPS) is 17.5. The van der Waals surface area contributed by atoms with Gasteiger partial charge in [0.2, 0.25) is 16.9 Å². The maximum absolute atomic E-state index is 12.0. The molecule has 1 atom stereocenters. The molecule has 0 saturated carbocycles. The van der Waals surface area contributed by atoms with Crippen LogP contribution in [0.5, 0.6) is 0 Å². The van der Waals surface area contributed by atoms with E-state index in [0.29, 0.717) is 10.8 Å². The van der Waals surface area contributed by atoms with Gasteiger partial charge in [-0.3, -0.25) is 9.59 Å². The highest BCUT2D eigenvalue weighted by Gasteiger charge is 2.23. The molecule has 1 aromatic carbocycles. The zero-order chi connectivity index (χ0) is 17.6. The first-order valence-electron chi connectivity index (χ1n) is 8.03. The Bertz CT molecular complexity index is 764. The maximum atomic E-state index is 12.0. The number of rotatable bonds is 5. The molecule has 9 heteroatoms. The zero-order valence-corrected chi connectivity index (χ0v) is 15.4. The molecule has 7 nitrogen and oxygen atoms in total. The third-order valence-corrected chi connectivity index (χ3v) is 5.76. The molecule has 0 spiro atoms. The summed E-state index contributed by atoms with van der Waals surface area (Å²) in [7, 11) is 0. The molecule has 1 saturated heterocycles. The van der Waals surface area contributed by atoms with Crippen LogP contribution in [0.15, 0.2) is 28.6 Å². The van der Waals surface area contributed by atoms with Crippen LogP contribution >= 0.6 is 23.1 Å². The number of carbonyl (C=O) groups is 2. The second-order valence-corrected chi connectivity index (χ2v) is 8.08. The van der Waals surface area contributed by atoms with Crippen LogP contribution < -0.4 is 16.0 Å². The monoisotopic (exact) mass is 377 g/mol. The Hall–Kier alpha value is -2.13. The summed E-state index contributed by atoms with van der Waals surface area (Å²) in [5, 5.41) is 17.7. The molecule has 0 bridgehead atoms. The minimum Gasteiger partial charge on any atom is -0.355 e. The Kier molecular flexibility index (Phi) is 5.87. The number of aromatic nitrogens is 2. The minimum absolute atomic E-state index is 0.0789. The zero-order valence-electron chi connectivity index (χ0n) is 13.7. The molecule has 0 aliphatic carbocycles. The van der Waals surface area contributed by atoms with E-state index in [1.54, 1.807) is 0 Å². The second kappa shape index (κ2) is 8.30. The van der Waals surface area contributed by atoms with E-state index in [9.17, 15) is 9.59 Å². The topological polar surface area (TPSA) is 96.0 Å². The number of hydrogen-bond acceptors (Lipinski definition) is 7. The molecule has 2 heterocycles. The Morgan fingerprint density at radius 3 is 3.00 bits per heavy atom. The maximum Gasteiger partial charge on any atom is 0.233 e. The Balaban J connectivity index is 1.63. The van der Waals surface area contributed by atoms with Crippen molar-refractivity contribution in [3.63, 3.8) is 0 Å². The van der Waals surface area contributed by atoms with Gasteiger partial charge in [-0.05, 0) is 31.0 Å². The summed E-state index contributed by atoms with van der Waals surface area (Å²) in [5.74, 6) is -0.0383. The van der Waals surface area contributed by atoms with Gasteiger partial charge in [0.25, 0.3) is 0 Å². The van der Waals surface area contributed by atoms with Gasteiger partial charge in [0.1, 0.15) is 0 Å². The van der Waals surface area contributed by atoms with E-state index < -0.39 is 0 Å². The van der Waals surface area contributed by atoms with Crippen molar-refractivity contribution in [2.45, 2.75) is 35.8 Å². The smallest absolute Gasteiger partial charge is 0.233 e. The Labute approximate surface area is 154 Å². The fourth-order valence-corrected chi connectivity index (χ4v) is 4.54. The van der Waals surface area contributed by atoms with Crippen molar-refractivity contribution < 1.29 is 9.59 Å². The van der Waals surface area contributed by atoms with Crippen molar-refractivity contribution in [2.75, 3.05) is 17.2 Å². The lowest BCUT2D eigenvalue weighted by molar-refractivity contribution is -0.120. The van der Waals surface area contributed by atoms with E-state index >= 15 is 0 Å². The van der Waals surface area contributed by atoms with Crippen molar-refractivity contribution in [1.82, 2.24) is 15.5 Å². The van der Waals surface area contributed by atoms with Crippen LogP contribution in [0.25, 0.3) is 0 Å². The lowest BCUT2D eigenvalue weighted by atomic mass is 10.2. The first kappa shape index (κ1) is 17.7. The van der Waals surface area contributed by atoms with E-state index in [1.165, 1.54) is 30.0 Å². The summed E-state index contributed by atoms with van der Waals surface area (Å²) in [6.45, 7) is 2.22. The molecule has 2 amide bonds. The fourth-order valence-electron chi connectivity index (χ4n) is 2.45. The Morgan fingerprint density at radius 1 is 1.32 bits per heavy atom. The average Bonchev–Trinajstić information content (AvgIpc) is 2.89. The first-order valence-corrected chi connectivity index (χ1v) is 9.72. The number of amides is 2. The summed E-state index contributed by atoms with van der Waals surface area (Å²) in [6, 6.07) is 7.38. The van der Waals surface area contributed by atoms with Gasteiger partial charge in [0, 0.05) is 24.8 Å². The van der Waals surface area contributed by atoms with Crippen LogP contribution in [0.4, 0.5) is 16.5 Å². The van der Waals surface area contributed by atoms with Crippen LogP contribution in [0, 0.1) is 0 Å². The number of nitrogens with one attached hydrogen (secondary N) is 3. The largest absolute Gasteiger partial charge is 0.355 e. The molecule has 1 aliphatic heterocycles. The average molecular weight is 377 g/mol. The van der Waals surface area contributed by atoms with Crippen molar-refractivity contribution in [3.05, 3.63) is 24.3 Å². The number of benzene rings is 1. The van der Waals surface area contributed by atoms with Gasteiger partial charge in [0.05, 0.1) is 5.25 Å². The highest BCUT2D eigenvalue weighted by Crippen LogP contribution is 2.33. The van der Waals surface area contributed by atoms with Gasteiger partial charge in [0.15, 0.2) is 4.34 Å². The molecule has 0 radical (unpaired) electrons. The quantitative estimate of drug-likeness (QED) is 0.741. The number of hydrogen-bond donors (Lipinski definition) is 3. The van der Waals surface area contributed by atoms with Gasteiger partial charge in [-0.15, -0.1) is 10.2 Å². The fraction of sp³-hybridized carbons (Fsp3) is 0.375. The summed E-state index contributed by atoms with van der Waals surface area (Å²) < 4.78 is 0.766. The van der Waals surface area contributed by atoms with E-state index in [4.69, 9.17) is 0 Å². The lowest BCUT2D eigenvalue weighted by Crippen LogP contribution is -2.30. The SMILES string of the molecule is CC(=O)Nc1cccc(Nc2nnc(SC3CCCCNC3=O)s2)c1. The molecule has 3 N–H and O–H groups in total. The molecule has 3 rings (SSSR count). The lowest BCUT2D eigenvalue weighted by Gasteiger charge is -2.09. The highest BCUT2D eigenvalue weighted by atomic mass is 32.2. The molecular weight excluding hydrogens is 358 g/mol. The second-order valence-electron chi connectivity index (χ2n) is 5.65. The third kappa shape index (κ3) is 5.17. The summed E-state index contributed by atoms with van der Waals surface area (Å²) in [5.41, 5.74) is 1.53. The van der Waals surface area contributed by atoms with E-state index in [0.717, 1.165) is 35.8 Å². The number of anilines is 3. The van der Waals surface area contributed by atoms with Gasteiger partial charge >= 0.3 is 0 Å². The van der Waals surface area contributed by atoms with Crippen LogP contribution in [-0.2, 0) is 9.59 Å². The standard InChI is InChI=1S/C16H19N5O2S2/c1-10(22)18-11-5-4-6-12(9-11)19-15-20-21-16(25-15)24-13-7-2-3-8-17-14(13)23/h4-6,9,13H,2-3,7-8H2,1H3,(H,17,23)(H,18,22)(H,19,20). The molecular formula is C16H19N5O2S2. The van der Waals surface area contributed by atoms with Gasteiger partial charge in [-0.2, -0.15) is 0 Å². The van der Waals surface area contributed by atoms with Crippen LogP contribution in [-0.4, -0.2) is 33.8 Å². The van der Waals surface area contributed by atoms with Gasteiger partial charge < -0.3 is 16.0 Å². The molecule has 1 aliphatic rings. The first-order chi connectivity index (χ1) is 12.1. The van der Waals surface area contributed by atoms with Crippen LogP contribution in [0.2, 0.25) is 0 Å². The summed E-state index contributed by atoms with van der Waals surface area (Å²) >= 11 is 2.88.